The van der Waals surface area contributed by atoms with Gasteiger partial charge in [-0.3, -0.25) is 5.01 Å². The molecular formula is C15H18N4S. The molecule has 0 bridgehead atoms. The summed E-state index contributed by atoms with van der Waals surface area (Å²) in [5, 5.41) is 8.97. The van der Waals surface area contributed by atoms with Gasteiger partial charge in [0.25, 0.3) is 0 Å². The van der Waals surface area contributed by atoms with E-state index in [2.05, 4.69) is 45.4 Å². The van der Waals surface area contributed by atoms with Crippen molar-refractivity contribution in [2.45, 2.75) is 6.92 Å². The van der Waals surface area contributed by atoms with E-state index in [1.54, 1.807) is 11.3 Å². The van der Waals surface area contributed by atoms with Crippen molar-refractivity contribution in [3.05, 3.63) is 46.8 Å². The molecule has 1 aliphatic heterocycles. The van der Waals surface area contributed by atoms with E-state index in [4.69, 9.17) is 5.10 Å². The fraction of sp³-hybridized carbons (Fsp3) is 0.333. The second-order valence-electron chi connectivity index (χ2n) is 4.79. The minimum absolute atomic E-state index is 0.944. The molecule has 1 saturated heterocycles. The molecule has 0 amide bonds. The van der Waals surface area contributed by atoms with Gasteiger partial charge in [-0.05, 0) is 30.5 Å². The molecule has 0 atom stereocenters. The predicted octanol–water partition coefficient (Wildman–Crippen LogP) is 2.69. The molecule has 1 aliphatic rings. The van der Waals surface area contributed by atoms with Crippen LogP contribution in [0.4, 0.5) is 5.82 Å². The SMILES string of the molecule is C/C(=N\N1CCN(c2ccccn2)CC1)c1cccs1. The highest BCUT2D eigenvalue weighted by molar-refractivity contribution is 7.12. The Balaban J connectivity index is 1.60. The molecule has 0 aliphatic carbocycles. The van der Waals surface area contributed by atoms with Gasteiger partial charge in [0.15, 0.2) is 0 Å². The summed E-state index contributed by atoms with van der Waals surface area (Å²) in [5.74, 6) is 1.06. The van der Waals surface area contributed by atoms with Gasteiger partial charge in [0.05, 0.1) is 18.8 Å². The van der Waals surface area contributed by atoms with Gasteiger partial charge in [-0.15, -0.1) is 11.3 Å². The monoisotopic (exact) mass is 286 g/mol. The van der Waals surface area contributed by atoms with Crippen molar-refractivity contribution in [1.29, 1.82) is 0 Å². The minimum atomic E-state index is 0.944. The minimum Gasteiger partial charge on any atom is -0.353 e. The smallest absolute Gasteiger partial charge is 0.128 e. The molecule has 2 aromatic rings. The maximum atomic E-state index is 4.72. The molecule has 3 heterocycles. The Hall–Kier alpha value is -1.88. The molecule has 5 heteroatoms. The van der Waals surface area contributed by atoms with Crippen LogP contribution in [-0.2, 0) is 0 Å². The Kier molecular flexibility index (Phi) is 3.97. The number of hydrazone groups is 1. The lowest BCUT2D eigenvalue weighted by Gasteiger charge is -2.34. The summed E-state index contributed by atoms with van der Waals surface area (Å²) in [6.07, 6.45) is 1.85. The number of pyridine rings is 1. The van der Waals surface area contributed by atoms with Crippen LogP contribution in [0.25, 0.3) is 0 Å². The lowest BCUT2D eigenvalue weighted by atomic mass is 10.3. The molecule has 104 valence electrons. The average molecular weight is 286 g/mol. The van der Waals surface area contributed by atoms with E-state index < -0.39 is 0 Å². The fourth-order valence-electron chi connectivity index (χ4n) is 2.31. The summed E-state index contributed by atoms with van der Waals surface area (Å²) in [6.45, 7) is 5.91. The first-order chi connectivity index (χ1) is 9.83. The molecule has 0 radical (unpaired) electrons. The number of thiophene rings is 1. The quantitative estimate of drug-likeness (QED) is 0.813. The Morgan fingerprint density at radius 2 is 2.00 bits per heavy atom. The Labute approximate surface area is 123 Å². The van der Waals surface area contributed by atoms with Gasteiger partial charge in [0, 0.05) is 24.2 Å². The van der Waals surface area contributed by atoms with E-state index in [9.17, 15) is 0 Å². The predicted molar refractivity (Wildman–Crippen MR) is 84.6 cm³/mol. The lowest BCUT2D eigenvalue weighted by molar-refractivity contribution is 0.270. The number of piperazine rings is 1. The van der Waals surface area contributed by atoms with Crippen LogP contribution in [0.15, 0.2) is 47.0 Å². The third-order valence-electron chi connectivity index (χ3n) is 3.40. The van der Waals surface area contributed by atoms with Crippen LogP contribution >= 0.6 is 11.3 Å². The first-order valence-electron chi connectivity index (χ1n) is 6.83. The van der Waals surface area contributed by atoms with Crippen LogP contribution in [0.5, 0.6) is 0 Å². The second-order valence-corrected chi connectivity index (χ2v) is 5.74. The number of hydrogen-bond acceptors (Lipinski definition) is 5. The standard InChI is InChI=1S/C15H18N4S/c1-13(14-5-4-12-20-14)17-19-10-8-18(9-11-19)15-6-2-3-7-16-15/h2-7,12H,8-11H2,1H3/b17-13+. The van der Waals surface area contributed by atoms with Gasteiger partial charge in [-0.25, -0.2) is 4.98 Å². The summed E-state index contributed by atoms with van der Waals surface area (Å²) in [5.41, 5.74) is 1.10. The van der Waals surface area contributed by atoms with Gasteiger partial charge in [0.2, 0.25) is 0 Å². The summed E-state index contributed by atoms with van der Waals surface area (Å²) in [4.78, 5) is 7.96. The van der Waals surface area contributed by atoms with Crippen LogP contribution in [0.2, 0.25) is 0 Å². The first-order valence-corrected chi connectivity index (χ1v) is 7.71. The third-order valence-corrected chi connectivity index (χ3v) is 4.38. The van der Waals surface area contributed by atoms with Crippen molar-refractivity contribution >= 4 is 22.9 Å². The molecule has 2 aromatic heterocycles. The van der Waals surface area contributed by atoms with E-state index in [1.807, 2.05) is 18.3 Å². The van der Waals surface area contributed by atoms with E-state index in [-0.39, 0.29) is 0 Å². The van der Waals surface area contributed by atoms with E-state index in [0.717, 1.165) is 37.7 Å². The van der Waals surface area contributed by atoms with Crippen LogP contribution in [0, 0.1) is 0 Å². The summed E-state index contributed by atoms with van der Waals surface area (Å²) >= 11 is 1.74. The number of rotatable bonds is 3. The normalized spacial score (nSPS) is 16.6. The highest BCUT2D eigenvalue weighted by atomic mass is 32.1. The second kappa shape index (κ2) is 6.05. The van der Waals surface area contributed by atoms with Crippen LogP contribution in [-0.4, -0.2) is 41.9 Å². The van der Waals surface area contributed by atoms with E-state index in [1.165, 1.54) is 4.88 Å². The van der Waals surface area contributed by atoms with Crippen molar-refractivity contribution in [2.24, 2.45) is 5.10 Å². The lowest BCUT2D eigenvalue weighted by Crippen LogP contribution is -2.44. The number of hydrogen-bond donors (Lipinski definition) is 0. The van der Waals surface area contributed by atoms with Crippen molar-refractivity contribution in [3.63, 3.8) is 0 Å². The molecule has 1 fully saturated rings. The number of anilines is 1. The third kappa shape index (κ3) is 2.99. The van der Waals surface area contributed by atoms with E-state index >= 15 is 0 Å². The van der Waals surface area contributed by atoms with Crippen molar-refractivity contribution in [2.75, 3.05) is 31.1 Å². The maximum absolute atomic E-state index is 4.72. The average Bonchev–Trinajstić information content (AvgIpc) is 3.03. The van der Waals surface area contributed by atoms with Gasteiger partial charge >= 0.3 is 0 Å². The van der Waals surface area contributed by atoms with Crippen molar-refractivity contribution in [1.82, 2.24) is 9.99 Å². The molecule has 4 nitrogen and oxygen atoms in total. The number of aromatic nitrogens is 1. The molecule has 3 rings (SSSR count). The fourth-order valence-corrected chi connectivity index (χ4v) is 2.98. The molecule has 20 heavy (non-hydrogen) atoms. The van der Waals surface area contributed by atoms with Gasteiger partial charge in [-0.2, -0.15) is 5.10 Å². The number of nitrogens with zero attached hydrogens (tertiary/aromatic N) is 4. The zero-order chi connectivity index (χ0) is 13.8. The van der Waals surface area contributed by atoms with Gasteiger partial charge in [0.1, 0.15) is 5.82 Å². The van der Waals surface area contributed by atoms with Gasteiger partial charge < -0.3 is 4.90 Å². The van der Waals surface area contributed by atoms with Crippen LogP contribution < -0.4 is 4.90 Å². The zero-order valence-electron chi connectivity index (χ0n) is 11.6. The largest absolute Gasteiger partial charge is 0.353 e. The molecule has 0 N–H and O–H groups in total. The summed E-state index contributed by atoms with van der Waals surface area (Å²) in [7, 11) is 0. The summed E-state index contributed by atoms with van der Waals surface area (Å²) < 4.78 is 0. The zero-order valence-corrected chi connectivity index (χ0v) is 12.4. The van der Waals surface area contributed by atoms with Gasteiger partial charge in [-0.1, -0.05) is 12.1 Å². The molecular weight excluding hydrogens is 268 g/mol. The van der Waals surface area contributed by atoms with Crippen molar-refractivity contribution < 1.29 is 0 Å². The van der Waals surface area contributed by atoms with E-state index in [0.29, 0.717) is 0 Å². The van der Waals surface area contributed by atoms with Crippen LogP contribution in [0.1, 0.15) is 11.8 Å². The molecule has 0 aromatic carbocycles. The van der Waals surface area contributed by atoms with Crippen LogP contribution in [0.3, 0.4) is 0 Å². The Morgan fingerprint density at radius 1 is 1.15 bits per heavy atom. The highest BCUT2D eigenvalue weighted by Gasteiger charge is 2.16. The van der Waals surface area contributed by atoms with Crippen molar-refractivity contribution in [3.8, 4) is 0 Å². The highest BCUT2D eigenvalue weighted by Crippen LogP contribution is 2.14. The molecule has 0 saturated carbocycles. The topological polar surface area (TPSA) is 31.7 Å². The Bertz CT molecular complexity index is 557. The Morgan fingerprint density at radius 3 is 2.65 bits per heavy atom. The molecule has 0 spiro atoms. The summed E-state index contributed by atoms with van der Waals surface area (Å²) in [6, 6.07) is 10.2. The maximum Gasteiger partial charge on any atom is 0.128 e. The first kappa shape index (κ1) is 13.1. The molecule has 0 unspecified atom stereocenters.